The molecule has 0 radical (unpaired) electrons. The Morgan fingerprint density at radius 2 is 2.25 bits per heavy atom. The van der Waals surface area contributed by atoms with Crippen molar-refractivity contribution >= 4 is 27.5 Å². The standard InChI is InChI=1S/C11H14N4O3S2/c12-9-2-1-3-10(6-9)19-4-5-20(16,17)14-7-11-13-8-18-15-11/h1-3,6,8,14H,4-5,7,12H2. The van der Waals surface area contributed by atoms with E-state index in [1.54, 1.807) is 6.07 Å². The van der Waals surface area contributed by atoms with Gasteiger partial charge in [-0.3, -0.25) is 0 Å². The SMILES string of the molecule is Nc1cccc(SCCS(=O)(=O)NCc2ncon2)c1. The molecule has 1 aromatic heterocycles. The Kier molecular flexibility index (Phi) is 4.99. The van der Waals surface area contributed by atoms with Gasteiger partial charge in [0.2, 0.25) is 16.4 Å². The fourth-order valence-corrected chi connectivity index (χ4v) is 3.72. The summed E-state index contributed by atoms with van der Waals surface area (Å²) in [6, 6.07) is 7.32. The number of thioether (sulfide) groups is 1. The van der Waals surface area contributed by atoms with Gasteiger partial charge in [-0.25, -0.2) is 13.1 Å². The van der Waals surface area contributed by atoms with Gasteiger partial charge < -0.3 is 10.3 Å². The number of aromatic nitrogens is 2. The number of nitrogens with one attached hydrogen (secondary N) is 1. The van der Waals surface area contributed by atoms with Crippen molar-refractivity contribution in [1.29, 1.82) is 0 Å². The minimum Gasteiger partial charge on any atom is -0.399 e. The third-order valence-electron chi connectivity index (χ3n) is 2.34. The smallest absolute Gasteiger partial charge is 0.213 e. The molecule has 2 rings (SSSR count). The Balaban J connectivity index is 1.77. The van der Waals surface area contributed by atoms with Crippen molar-refractivity contribution in [3.05, 3.63) is 36.5 Å². The summed E-state index contributed by atoms with van der Waals surface area (Å²) in [5, 5.41) is 3.52. The fraction of sp³-hybridized carbons (Fsp3) is 0.273. The first-order valence-corrected chi connectivity index (χ1v) is 8.40. The molecule has 9 heteroatoms. The van der Waals surface area contributed by atoms with E-state index in [1.807, 2.05) is 18.2 Å². The molecule has 108 valence electrons. The summed E-state index contributed by atoms with van der Waals surface area (Å²) in [7, 11) is -3.36. The zero-order valence-electron chi connectivity index (χ0n) is 10.5. The van der Waals surface area contributed by atoms with E-state index in [2.05, 4.69) is 19.4 Å². The van der Waals surface area contributed by atoms with E-state index in [-0.39, 0.29) is 12.3 Å². The van der Waals surface area contributed by atoms with E-state index in [4.69, 9.17) is 5.73 Å². The number of rotatable bonds is 7. The molecule has 0 aliphatic heterocycles. The van der Waals surface area contributed by atoms with Crippen molar-refractivity contribution in [1.82, 2.24) is 14.9 Å². The van der Waals surface area contributed by atoms with Gasteiger partial charge in [0, 0.05) is 16.3 Å². The van der Waals surface area contributed by atoms with Gasteiger partial charge in [-0.15, -0.1) is 11.8 Å². The maximum atomic E-state index is 11.7. The average Bonchev–Trinajstić information content (AvgIpc) is 2.89. The van der Waals surface area contributed by atoms with Gasteiger partial charge in [-0.05, 0) is 18.2 Å². The highest BCUT2D eigenvalue weighted by molar-refractivity contribution is 8.00. The quantitative estimate of drug-likeness (QED) is 0.576. The topological polar surface area (TPSA) is 111 Å². The first-order chi connectivity index (χ1) is 9.55. The predicted octanol–water partition coefficient (Wildman–Crippen LogP) is 0.863. The summed E-state index contributed by atoms with van der Waals surface area (Å²) in [6.45, 7) is 0.0295. The molecule has 0 saturated carbocycles. The first kappa shape index (κ1) is 14.8. The normalized spacial score (nSPS) is 11.6. The number of hydrogen-bond donors (Lipinski definition) is 2. The van der Waals surface area contributed by atoms with E-state index in [0.29, 0.717) is 17.3 Å². The van der Waals surface area contributed by atoms with Crippen LogP contribution in [0.15, 0.2) is 40.1 Å². The molecule has 2 aromatic rings. The van der Waals surface area contributed by atoms with Crippen molar-refractivity contribution in [3.63, 3.8) is 0 Å². The first-order valence-electron chi connectivity index (χ1n) is 5.76. The molecule has 3 N–H and O–H groups in total. The third kappa shape index (κ3) is 4.83. The van der Waals surface area contributed by atoms with Crippen LogP contribution in [0.1, 0.15) is 5.82 Å². The molecule has 0 unspecified atom stereocenters. The number of nitrogen functional groups attached to an aromatic ring is 1. The van der Waals surface area contributed by atoms with Crippen LogP contribution in [0.5, 0.6) is 0 Å². The van der Waals surface area contributed by atoms with Gasteiger partial charge in [-0.2, -0.15) is 4.98 Å². The number of anilines is 1. The second-order valence-corrected chi connectivity index (χ2v) is 7.00. The van der Waals surface area contributed by atoms with Crippen LogP contribution in [0.2, 0.25) is 0 Å². The molecule has 20 heavy (non-hydrogen) atoms. The van der Waals surface area contributed by atoms with Crippen molar-refractivity contribution in [2.75, 3.05) is 17.2 Å². The van der Waals surface area contributed by atoms with Crippen LogP contribution in [-0.4, -0.2) is 30.1 Å². The molecule has 7 nitrogen and oxygen atoms in total. The van der Waals surface area contributed by atoms with E-state index in [1.165, 1.54) is 11.8 Å². The van der Waals surface area contributed by atoms with Gasteiger partial charge in [0.15, 0.2) is 5.82 Å². The van der Waals surface area contributed by atoms with Crippen LogP contribution in [-0.2, 0) is 16.6 Å². The number of nitrogens with two attached hydrogens (primary N) is 1. The molecule has 0 fully saturated rings. The second kappa shape index (κ2) is 6.73. The van der Waals surface area contributed by atoms with Gasteiger partial charge in [0.1, 0.15) is 0 Å². The lowest BCUT2D eigenvalue weighted by molar-refractivity contribution is 0.409. The number of benzene rings is 1. The molecule has 0 aliphatic carbocycles. The lowest BCUT2D eigenvalue weighted by Crippen LogP contribution is -2.27. The van der Waals surface area contributed by atoms with E-state index < -0.39 is 10.0 Å². The fourth-order valence-electron chi connectivity index (χ4n) is 1.39. The molecule has 0 aliphatic rings. The van der Waals surface area contributed by atoms with Crippen LogP contribution >= 0.6 is 11.8 Å². The molecule has 0 atom stereocenters. The minimum atomic E-state index is -3.36. The number of sulfonamides is 1. The predicted molar refractivity (Wildman–Crippen MR) is 76.5 cm³/mol. The van der Waals surface area contributed by atoms with Gasteiger partial charge in [-0.1, -0.05) is 11.2 Å². The summed E-state index contributed by atoms with van der Waals surface area (Å²) in [6.07, 6.45) is 1.15. The molecular weight excluding hydrogens is 300 g/mol. The van der Waals surface area contributed by atoms with Gasteiger partial charge >= 0.3 is 0 Å². The summed E-state index contributed by atoms with van der Waals surface area (Å²) in [5.41, 5.74) is 6.31. The summed E-state index contributed by atoms with van der Waals surface area (Å²) in [4.78, 5) is 4.68. The Morgan fingerprint density at radius 1 is 1.40 bits per heavy atom. The molecule has 1 heterocycles. The second-order valence-electron chi connectivity index (χ2n) is 3.91. The van der Waals surface area contributed by atoms with Crippen molar-refractivity contribution in [3.8, 4) is 0 Å². The third-order valence-corrected chi connectivity index (χ3v) is 4.92. The highest BCUT2D eigenvalue weighted by atomic mass is 32.2. The maximum absolute atomic E-state index is 11.7. The van der Waals surface area contributed by atoms with E-state index in [0.717, 1.165) is 11.3 Å². The molecule has 1 aromatic carbocycles. The molecule has 0 spiro atoms. The zero-order chi connectivity index (χ0) is 14.4. The molecule has 0 saturated heterocycles. The average molecular weight is 314 g/mol. The van der Waals surface area contributed by atoms with Crippen LogP contribution < -0.4 is 10.5 Å². The largest absolute Gasteiger partial charge is 0.399 e. The van der Waals surface area contributed by atoms with E-state index in [9.17, 15) is 8.42 Å². The Hall–Kier alpha value is -1.58. The summed E-state index contributed by atoms with van der Waals surface area (Å²) >= 11 is 1.44. The minimum absolute atomic E-state index is 0.00428. The number of hydrogen-bond acceptors (Lipinski definition) is 7. The Labute approximate surface area is 121 Å². The van der Waals surface area contributed by atoms with Crippen molar-refractivity contribution < 1.29 is 12.9 Å². The Morgan fingerprint density at radius 3 is 2.95 bits per heavy atom. The van der Waals surface area contributed by atoms with Crippen LogP contribution in [0.3, 0.4) is 0 Å². The lowest BCUT2D eigenvalue weighted by Gasteiger charge is -2.05. The highest BCUT2D eigenvalue weighted by Gasteiger charge is 2.11. The maximum Gasteiger partial charge on any atom is 0.213 e. The molecule has 0 bridgehead atoms. The Bertz CT molecular complexity index is 643. The van der Waals surface area contributed by atoms with Gasteiger partial charge in [0.05, 0.1) is 12.3 Å². The van der Waals surface area contributed by atoms with E-state index >= 15 is 0 Å². The van der Waals surface area contributed by atoms with Crippen molar-refractivity contribution in [2.24, 2.45) is 0 Å². The molecule has 0 amide bonds. The number of nitrogens with zero attached hydrogens (tertiary/aromatic N) is 2. The highest BCUT2D eigenvalue weighted by Crippen LogP contribution is 2.20. The molecular formula is C11H14N4O3S2. The van der Waals surface area contributed by atoms with Crippen molar-refractivity contribution in [2.45, 2.75) is 11.4 Å². The van der Waals surface area contributed by atoms with Crippen LogP contribution in [0.25, 0.3) is 0 Å². The monoisotopic (exact) mass is 314 g/mol. The summed E-state index contributed by atoms with van der Waals surface area (Å²) < 4.78 is 30.4. The lowest BCUT2D eigenvalue weighted by atomic mass is 10.3. The van der Waals surface area contributed by atoms with Gasteiger partial charge in [0.25, 0.3) is 0 Å². The zero-order valence-corrected chi connectivity index (χ0v) is 12.2. The van der Waals surface area contributed by atoms with Crippen LogP contribution in [0, 0.1) is 0 Å². The van der Waals surface area contributed by atoms with Crippen LogP contribution in [0.4, 0.5) is 5.69 Å². The summed E-state index contributed by atoms with van der Waals surface area (Å²) in [5.74, 6) is 0.743.